The molecule has 0 unspecified atom stereocenters. The van der Waals surface area contributed by atoms with Gasteiger partial charge in [0.15, 0.2) is 0 Å². The molecule has 3 heterocycles. The summed E-state index contributed by atoms with van der Waals surface area (Å²) in [6.07, 6.45) is 8.19. The van der Waals surface area contributed by atoms with E-state index in [4.69, 9.17) is 0 Å². The number of thiophene rings is 1. The average molecular weight is 435 g/mol. The zero-order valence-corrected chi connectivity index (χ0v) is 18.9. The van der Waals surface area contributed by atoms with Crippen LogP contribution in [-0.4, -0.2) is 40.2 Å². The van der Waals surface area contributed by atoms with Crippen molar-refractivity contribution in [1.82, 2.24) is 20.0 Å². The molecule has 1 N–H and O–H groups in total. The molecule has 31 heavy (non-hydrogen) atoms. The van der Waals surface area contributed by atoms with Gasteiger partial charge in [0.1, 0.15) is 0 Å². The zero-order chi connectivity index (χ0) is 21.7. The molecule has 162 valence electrons. The van der Waals surface area contributed by atoms with Crippen LogP contribution >= 0.6 is 11.3 Å². The van der Waals surface area contributed by atoms with Gasteiger partial charge < -0.3 is 5.32 Å². The minimum atomic E-state index is -0.386. The van der Waals surface area contributed by atoms with Gasteiger partial charge in [-0.15, -0.1) is 17.9 Å². The van der Waals surface area contributed by atoms with Crippen molar-refractivity contribution in [2.24, 2.45) is 12.5 Å². The predicted molar refractivity (Wildman–Crippen MR) is 127 cm³/mol. The van der Waals surface area contributed by atoms with Gasteiger partial charge in [0.05, 0.1) is 11.6 Å². The highest BCUT2D eigenvalue weighted by molar-refractivity contribution is 7.13. The van der Waals surface area contributed by atoms with Crippen LogP contribution in [0.5, 0.6) is 0 Å². The molecule has 4 rings (SSSR count). The molecule has 1 aromatic carbocycles. The van der Waals surface area contributed by atoms with E-state index >= 15 is 0 Å². The van der Waals surface area contributed by atoms with Crippen LogP contribution in [0.3, 0.4) is 0 Å². The lowest BCUT2D eigenvalue weighted by Gasteiger charge is -2.40. The number of benzene rings is 1. The minimum Gasteiger partial charge on any atom is -0.352 e. The highest BCUT2D eigenvalue weighted by Crippen LogP contribution is 2.37. The van der Waals surface area contributed by atoms with E-state index in [0.717, 1.165) is 38.9 Å². The van der Waals surface area contributed by atoms with Crippen LogP contribution in [0, 0.1) is 5.41 Å². The molecule has 1 amide bonds. The largest absolute Gasteiger partial charge is 0.352 e. The molecule has 3 aromatic rings. The van der Waals surface area contributed by atoms with Crippen LogP contribution in [-0.2, 0) is 24.8 Å². The fourth-order valence-electron chi connectivity index (χ4n) is 4.46. The summed E-state index contributed by atoms with van der Waals surface area (Å²) in [7, 11) is 1.94. The number of piperidine rings is 1. The third-order valence-corrected chi connectivity index (χ3v) is 7.06. The smallest absolute Gasteiger partial charge is 0.226 e. The molecule has 0 aliphatic carbocycles. The quantitative estimate of drug-likeness (QED) is 0.539. The summed E-state index contributed by atoms with van der Waals surface area (Å²) in [5.41, 5.74) is 3.28. The summed E-state index contributed by atoms with van der Waals surface area (Å²) >= 11 is 1.75. The highest BCUT2D eigenvalue weighted by atomic mass is 32.1. The summed E-state index contributed by atoms with van der Waals surface area (Å²) in [6, 6.07) is 12.9. The van der Waals surface area contributed by atoms with E-state index in [0.29, 0.717) is 6.54 Å². The van der Waals surface area contributed by atoms with E-state index in [9.17, 15) is 4.79 Å². The minimum absolute atomic E-state index is 0.148. The molecular weight excluding hydrogens is 404 g/mol. The summed E-state index contributed by atoms with van der Waals surface area (Å²) in [6.45, 7) is 6.95. The molecule has 0 spiro atoms. The molecule has 1 aliphatic rings. The Morgan fingerprint density at radius 1 is 1.26 bits per heavy atom. The Hall–Kier alpha value is -2.70. The van der Waals surface area contributed by atoms with E-state index in [2.05, 4.69) is 69.9 Å². The second kappa shape index (κ2) is 9.62. The summed E-state index contributed by atoms with van der Waals surface area (Å²) in [5.74, 6) is 0.148. The van der Waals surface area contributed by atoms with E-state index in [1.54, 1.807) is 17.4 Å². The molecule has 0 atom stereocenters. The van der Waals surface area contributed by atoms with Gasteiger partial charge >= 0.3 is 0 Å². The Morgan fingerprint density at radius 3 is 2.77 bits per heavy atom. The number of nitrogens with zero attached hydrogens (tertiary/aromatic N) is 3. The monoisotopic (exact) mass is 434 g/mol. The maximum Gasteiger partial charge on any atom is 0.226 e. The van der Waals surface area contributed by atoms with Gasteiger partial charge in [-0.25, -0.2) is 0 Å². The fraction of sp³-hybridized carbons (Fsp3) is 0.360. The number of likely N-dealkylation sites (tertiary alicyclic amines) is 1. The van der Waals surface area contributed by atoms with Gasteiger partial charge in [0.2, 0.25) is 5.91 Å². The predicted octanol–water partition coefficient (Wildman–Crippen LogP) is 4.28. The Morgan fingerprint density at radius 2 is 2.10 bits per heavy atom. The van der Waals surface area contributed by atoms with Gasteiger partial charge in [0.25, 0.3) is 0 Å². The Kier molecular flexibility index (Phi) is 6.68. The second-order valence-electron chi connectivity index (χ2n) is 8.43. The average Bonchev–Trinajstić information content (AvgIpc) is 3.46. The molecule has 1 aliphatic heterocycles. The van der Waals surface area contributed by atoms with E-state index in [1.165, 1.54) is 21.6 Å². The fourth-order valence-corrected chi connectivity index (χ4v) is 5.18. The van der Waals surface area contributed by atoms with Crippen molar-refractivity contribution < 1.29 is 4.79 Å². The number of carbonyl (C=O) groups excluding carboxylic acids is 1. The zero-order valence-electron chi connectivity index (χ0n) is 18.1. The topological polar surface area (TPSA) is 50.2 Å². The normalized spacial score (nSPS) is 16.2. The number of aromatic nitrogens is 2. The van der Waals surface area contributed by atoms with Crippen molar-refractivity contribution >= 4 is 17.2 Å². The third-order valence-electron chi connectivity index (χ3n) is 6.14. The molecule has 6 heteroatoms. The van der Waals surface area contributed by atoms with Crippen LogP contribution in [0.2, 0.25) is 0 Å². The van der Waals surface area contributed by atoms with Crippen molar-refractivity contribution in [3.63, 3.8) is 0 Å². The molecule has 1 fully saturated rings. The van der Waals surface area contributed by atoms with Gasteiger partial charge in [0, 0.05) is 36.8 Å². The van der Waals surface area contributed by atoms with Crippen LogP contribution in [0.1, 0.15) is 24.0 Å². The number of hydrogen-bond donors (Lipinski definition) is 1. The standard InChI is InChI=1S/C25H30N4OS/c1-3-11-26-24(30)25(9-12-29(13-10-25)19-21-17-27-28(2)18-21)16-20-6-4-7-22(15-20)23-8-5-14-31-23/h3-8,14-15,17-18H,1,9-13,16,19H2,2H3,(H,26,30). The second-order valence-corrected chi connectivity index (χ2v) is 9.38. The maximum absolute atomic E-state index is 13.3. The first kappa shape index (κ1) is 21.5. The molecule has 1 saturated heterocycles. The molecule has 5 nitrogen and oxygen atoms in total. The van der Waals surface area contributed by atoms with Crippen LogP contribution in [0.15, 0.2) is 66.8 Å². The molecule has 0 bridgehead atoms. The van der Waals surface area contributed by atoms with Gasteiger partial charge in [-0.1, -0.05) is 36.4 Å². The lowest BCUT2D eigenvalue weighted by Crippen LogP contribution is -2.49. The SMILES string of the molecule is C=CCNC(=O)C1(Cc2cccc(-c3cccs3)c2)CCN(Cc2cnn(C)c2)CC1. The maximum atomic E-state index is 13.3. The van der Waals surface area contributed by atoms with Crippen molar-refractivity contribution in [2.75, 3.05) is 19.6 Å². The van der Waals surface area contributed by atoms with Crippen molar-refractivity contribution in [2.45, 2.75) is 25.8 Å². The highest BCUT2D eigenvalue weighted by Gasteiger charge is 2.41. The number of rotatable bonds is 8. The van der Waals surface area contributed by atoms with Crippen molar-refractivity contribution in [3.05, 3.63) is 78.0 Å². The summed E-state index contributed by atoms with van der Waals surface area (Å²) in [4.78, 5) is 17.0. The first-order chi connectivity index (χ1) is 15.1. The molecular formula is C25H30N4OS. The number of hydrogen-bond acceptors (Lipinski definition) is 4. The van der Waals surface area contributed by atoms with Crippen LogP contribution < -0.4 is 5.32 Å². The number of aryl methyl sites for hydroxylation is 1. The van der Waals surface area contributed by atoms with Gasteiger partial charge in [-0.3, -0.25) is 14.4 Å². The van der Waals surface area contributed by atoms with E-state index < -0.39 is 0 Å². The van der Waals surface area contributed by atoms with Crippen molar-refractivity contribution in [1.29, 1.82) is 0 Å². The van der Waals surface area contributed by atoms with Crippen LogP contribution in [0.25, 0.3) is 10.4 Å². The van der Waals surface area contributed by atoms with Gasteiger partial charge in [-0.05, 0) is 54.9 Å². The summed E-state index contributed by atoms with van der Waals surface area (Å²) in [5, 5.41) is 9.46. The number of amides is 1. The Bertz CT molecular complexity index is 1020. The molecule has 0 saturated carbocycles. The van der Waals surface area contributed by atoms with E-state index in [1.807, 2.05) is 17.9 Å². The third kappa shape index (κ3) is 5.14. The first-order valence-corrected chi connectivity index (χ1v) is 11.7. The lowest BCUT2D eigenvalue weighted by molar-refractivity contribution is -0.133. The Balaban J connectivity index is 1.50. The number of carbonyl (C=O) groups is 1. The number of nitrogens with one attached hydrogen (secondary N) is 1. The molecule has 2 aromatic heterocycles. The lowest BCUT2D eigenvalue weighted by atomic mass is 9.72. The molecule has 0 radical (unpaired) electrons. The van der Waals surface area contributed by atoms with Gasteiger partial charge in [-0.2, -0.15) is 5.10 Å². The first-order valence-electron chi connectivity index (χ1n) is 10.8. The van der Waals surface area contributed by atoms with Crippen LogP contribution in [0.4, 0.5) is 0 Å². The Labute approximate surface area is 188 Å². The summed E-state index contributed by atoms with van der Waals surface area (Å²) < 4.78 is 1.84. The van der Waals surface area contributed by atoms with Crippen molar-refractivity contribution in [3.8, 4) is 10.4 Å². The van der Waals surface area contributed by atoms with E-state index in [-0.39, 0.29) is 11.3 Å².